The molecule has 4 rings (SSSR count). The van der Waals surface area contributed by atoms with E-state index in [2.05, 4.69) is 9.97 Å². The first-order valence-electron chi connectivity index (χ1n) is 7.19. The summed E-state index contributed by atoms with van der Waals surface area (Å²) in [5.74, 6) is 1.40. The Hall–Kier alpha value is -2.94. The summed E-state index contributed by atoms with van der Waals surface area (Å²) < 4.78 is 5.98. The molecule has 0 spiro atoms. The van der Waals surface area contributed by atoms with Gasteiger partial charge in [-0.2, -0.15) is 0 Å². The molecule has 0 bridgehead atoms. The molecule has 22 heavy (non-hydrogen) atoms. The van der Waals surface area contributed by atoms with Gasteiger partial charge in [0, 0.05) is 22.2 Å². The van der Waals surface area contributed by atoms with E-state index in [0.29, 0.717) is 5.89 Å². The van der Waals surface area contributed by atoms with Gasteiger partial charge in [0.2, 0.25) is 5.89 Å². The molecule has 4 aromatic rings. The minimum atomic E-state index is 0.626. The number of aromatic nitrogens is 2. The minimum absolute atomic E-state index is 0.626. The second kappa shape index (κ2) is 5.11. The summed E-state index contributed by atoms with van der Waals surface area (Å²) in [6.07, 6.45) is 1.77. The molecule has 0 fully saturated rings. The van der Waals surface area contributed by atoms with Gasteiger partial charge in [-0.1, -0.05) is 48.5 Å². The van der Waals surface area contributed by atoms with E-state index in [0.717, 1.165) is 33.5 Å². The van der Waals surface area contributed by atoms with E-state index in [4.69, 9.17) is 4.42 Å². The topological polar surface area (TPSA) is 38.9 Å². The Bertz CT molecular complexity index is 942. The molecule has 0 amide bonds. The van der Waals surface area contributed by atoms with Crippen molar-refractivity contribution in [3.63, 3.8) is 0 Å². The third-order valence-electron chi connectivity index (χ3n) is 3.64. The van der Waals surface area contributed by atoms with E-state index in [1.165, 1.54) is 0 Å². The van der Waals surface area contributed by atoms with Gasteiger partial charge in [0.25, 0.3) is 0 Å². The van der Waals surface area contributed by atoms with Crippen LogP contribution in [0.15, 0.2) is 71.3 Å². The maximum Gasteiger partial charge on any atom is 0.227 e. The lowest BCUT2D eigenvalue weighted by Crippen LogP contribution is -1.88. The van der Waals surface area contributed by atoms with Crippen molar-refractivity contribution in [1.82, 2.24) is 9.97 Å². The van der Waals surface area contributed by atoms with Crippen LogP contribution in [0.2, 0.25) is 0 Å². The number of aryl methyl sites for hydroxylation is 1. The Morgan fingerprint density at radius 1 is 0.909 bits per heavy atom. The predicted octanol–water partition coefficient (Wildman–Crippen LogP) is 4.87. The highest BCUT2D eigenvalue weighted by atomic mass is 16.4. The lowest BCUT2D eigenvalue weighted by atomic mass is 10.1. The van der Waals surface area contributed by atoms with Crippen LogP contribution in [-0.4, -0.2) is 9.97 Å². The van der Waals surface area contributed by atoms with Crippen molar-refractivity contribution in [2.45, 2.75) is 6.92 Å². The van der Waals surface area contributed by atoms with Crippen molar-refractivity contribution in [3.05, 3.63) is 72.6 Å². The SMILES string of the molecule is Cc1cc(-c2ncc(-c3ccccc3)o2)c2ccccc2n1. The third kappa shape index (κ3) is 2.17. The first-order chi connectivity index (χ1) is 10.8. The molecule has 0 radical (unpaired) electrons. The van der Waals surface area contributed by atoms with E-state index >= 15 is 0 Å². The van der Waals surface area contributed by atoms with Gasteiger partial charge in [-0.25, -0.2) is 4.98 Å². The molecule has 3 nitrogen and oxygen atoms in total. The predicted molar refractivity (Wildman–Crippen MR) is 87.4 cm³/mol. The highest BCUT2D eigenvalue weighted by molar-refractivity contribution is 5.92. The van der Waals surface area contributed by atoms with Gasteiger partial charge in [0.1, 0.15) is 0 Å². The number of hydrogen-bond donors (Lipinski definition) is 0. The number of nitrogens with zero attached hydrogens (tertiary/aromatic N) is 2. The number of fused-ring (bicyclic) bond motifs is 1. The fourth-order valence-electron chi connectivity index (χ4n) is 2.62. The second-order valence-electron chi connectivity index (χ2n) is 5.22. The molecule has 0 saturated heterocycles. The second-order valence-corrected chi connectivity index (χ2v) is 5.22. The van der Waals surface area contributed by atoms with Gasteiger partial charge < -0.3 is 4.42 Å². The molecule has 0 atom stereocenters. The summed E-state index contributed by atoms with van der Waals surface area (Å²) in [5, 5.41) is 1.05. The van der Waals surface area contributed by atoms with Crippen LogP contribution in [0.25, 0.3) is 33.7 Å². The first kappa shape index (κ1) is 12.8. The fraction of sp³-hybridized carbons (Fsp3) is 0.0526. The van der Waals surface area contributed by atoms with Gasteiger partial charge >= 0.3 is 0 Å². The molecule has 0 unspecified atom stereocenters. The Balaban J connectivity index is 1.88. The smallest absolute Gasteiger partial charge is 0.227 e. The van der Waals surface area contributed by atoms with Crippen LogP contribution in [0, 0.1) is 6.92 Å². The summed E-state index contributed by atoms with van der Waals surface area (Å²) in [6.45, 7) is 1.98. The summed E-state index contributed by atoms with van der Waals surface area (Å²) in [6, 6.07) is 20.1. The van der Waals surface area contributed by atoms with Crippen LogP contribution in [0.1, 0.15) is 5.69 Å². The van der Waals surface area contributed by atoms with E-state index in [9.17, 15) is 0 Å². The molecule has 0 aliphatic carbocycles. The maximum absolute atomic E-state index is 5.98. The molecule has 0 saturated carbocycles. The zero-order valence-corrected chi connectivity index (χ0v) is 12.2. The van der Waals surface area contributed by atoms with Crippen LogP contribution in [0.3, 0.4) is 0 Å². The van der Waals surface area contributed by atoms with Gasteiger partial charge in [-0.15, -0.1) is 0 Å². The van der Waals surface area contributed by atoms with Crippen LogP contribution in [-0.2, 0) is 0 Å². The fourth-order valence-corrected chi connectivity index (χ4v) is 2.62. The van der Waals surface area contributed by atoms with Crippen molar-refractivity contribution in [2.24, 2.45) is 0 Å². The number of pyridine rings is 1. The van der Waals surface area contributed by atoms with Gasteiger partial charge in [0.05, 0.1) is 11.7 Å². The van der Waals surface area contributed by atoms with E-state index in [1.54, 1.807) is 6.20 Å². The summed E-state index contributed by atoms with van der Waals surface area (Å²) in [5.41, 5.74) is 3.91. The molecule has 0 aliphatic rings. The lowest BCUT2D eigenvalue weighted by Gasteiger charge is -2.04. The standard InChI is InChI=1S/C19H14N2O/c1-13-11-16(15-9-5-6-10-17(15)21-13)19-20-12-18(22-19)14-7-3-2-4-8-14/h2-12H,1H3. The number of hydrogen-bond acceptors (Lipinski definition) is 3. The molecular weight excluding hydrogens is 272 g/mol. The average Bonchev–Trinajstić information content (AvgIpc) is 3.05. The zero-order valence-electron chi connectivity index (χ0n) is 12.2. The van der Waals surface area contributed by atoms with Gasteiger partial charge in [0.15, 0.2) is 5.76 Å². The molecule has 3 heteroatoms. The third-order valence-corrected chi connectivity index (χ3v) is 3.64. The van der Waals surface area contributed by atoms with Crippen molar-refractivity contribution in [1.29, 1.82) is 0 Å². The van der Waals surface area contributed by atoms with Gasteiger partial charge in [-0.3, -0.25) is 4.98 Å². The van der Waals surface area contributed by atoms with E-state index in [1.807, 2.05) is 67.6 Å². The molecule has 2 aromatic carbocycles. The molecule has 106 valence electrons. The highest BCUT2D eigenvalue weighted by Crippen LogP contribution is 2.30. The zero-order chi connectivity index (χ0) is 14.9. The summed E-state index contributed by atoms with van der Waals surface area (Å²) >= 11 is 0. The number of para-hydroxylation sites is 1. The Morgan fingerprint density at radius 3 is 2.55 bits per heavy atom. The molecule has 2 aromatic heterocycles. The highest BCUT2D eigenvalue weighted by Gasteiger charge is 2.12. The molecule has 0 aliphatic heterocycles. The Morgan fingerprint density at radius 2 is 1.68 bits per heavy atom. The minimum Gasteiger partial charge on any atom is -0.436 e. The number of benzene rings is 2. The van der Waals surface area contributed by atoms with Crippen molar-refractivity contribution in [2.75, 3.05) is 0 Å². The molecule has 0 N–H and O–H groups in total. The van der Waals surface area contributed by atoms with Crippen molar-refractivity contribution < 1.29 is 4.42 Å². The molecular formula is C19H14N2O. The van der Waals surface area contributed by atoms with Crippen LogP contribution < -0.4 is 0 Å². The Kier molecular flexibility index (Phi) is 2.97. The van der Waals surface area contributed by atoms with Crippen LogP contribution >= 0.6 is 0 Å². The number of oxazole rings is 1. The normalized spacial score (nSPS) is 11.0. The van der Waals surface area contributed by atoms with Crippen molar-refractivity contribution in [3.8, 4) is 22.8 Å². The summed E-state index contributed by atoms with van der Waals surface area (Å²) in [7, 11) is 0. The summed E-state index contributed by atoms with van der Waals surface area (Å²) in [4.78, 5) is 9.02. The van der Waals surface area contributed by atoms with Crippen molar-refractivity contribution >= 4 is 10.9 Å². The number of rotatable bonds is 2. The van der Waals surface area contributed by atoms with E-state index < -0.39 is 0 Å². The quantitative estimate of drug-likeness (QED) is 0.528. The monoisotopic (exact) mass is 286 g/mol. The van der Waals surface area contributed by atoms with Crippen LogP contribution in [0.4, 0.5) is 0 Å². The lowest BCUT2D eigenvalue weighted by molar-refractivity contribution is 0.589. The van der Waals surface area contributed by atoms with Crippen LogP contribution in [0.5, 0.6) is 0 Å². The largest absolute Gasteiger partial charge is 0.436 e. The van der Waals surface area contributed by atoms with E-state index in [-0.39, 0.29) is 0 Å². The maximum atomic E-state index is 5.98. The Labute approximate surface area is 128 Å². The van der Waals surface area contributed by atoms with Gasteiger partial charge in [-0.05, 0) is 19.1 Å². The molecule has 2 heterocycles. The average molecular weight is 286 g/mol. The first-order valence-corrected chi connectivity index (χ1v) is 7.19.